The monoisotopic (exact) mass is 468 g/mol. The van der Waals surface area contributed by atoms with Crippen molar-refractivity contribution in [2.45, 2.75) is 64.7 Å². The average Bonchev–Trinajstić information content (AvgIpc) is 3.14. The van der Waals surface area contributed by atoms with Crippen molar-refractivity contribution in [2.24, 2.45) is 0 Å². The number of aliphatic carboxylic acids is 1. The number of hydrogen-bond donors (Lipinski definition) is 3. The molecule has 182 valence electrons. The van der Waals surface area contributed by atoms with E-state index < -0.39 is 29.8 Å². The van der Waals surface area contributed by atoms with E-state index in [1.807, 2.05) is 24.3 Å². The minimum absolute atomic E-state index is 0.184. The molecule has 2 aromatic rings. The maximum atomic E-state index is 12.1. The highest BCUT2D eigenvalue weighted by molar-refractivity contribution is 5.80. The van der Waals surface area contributed by atoms with Crippen molar-refractivity contribution < 1.29 is 29.0 Å². The van der Waals surface area contributed by atoms with Crippen LogP contribution in [0.25, 0.3) is 11.1 Å². The molecule has 8 nitrogen and oxygen atoms in total. The fourth-order valence-electron chi connectivity index (χ4n) is 3.92. The molecule has 2 amide bonds. The van der Waals surface area contributed by atoms with E-state index in [4.69, 9.17) is 9.47 Å². The summed E-state index contributed by atoms with van der Waals surface area (Å²) in [7, 11) is 0. The summed E-state index contributed by atoms with van der Waals surface area (Å²) < 4.78 is 10.5. The molecule has 0 radical (unpaired) electrons. The Morgan fingerprint density at radius 1 is 1.00 bits per heavy atom. The fourth-order valence-corrected chi connectivity index (χ4v) is 3.92. The summed E-state index contributed by atoms with van der Waals surface area (Å²) in [6.45, 7) is 5.64. The van der Waals surface area contributed by atoms with Crippen LogP contribution in [0.3, 0.4) is 0 Å². The summed E-state index contributed by atoms with van der Waals surface area (Å²) >= 11 is 0. The molecule has 34 heavy (non-hydrogen) atoms. The van der Waals surface area contributed by atoms with E-state index in [9.17, 15) is 19.5 Å². The molecule has 0 fully saturated rings. The maximum Gasteiger partial charge on any atom is 0.408 e. The first-order valence-electron chi connectivity index (χ1n) is 11.5. The first-order valence-corrected chi connectivity index (χ1v) is 11.5. The topological polar surface area (TPSA) is 114 Å². The van der Waals surface area contributed by atoms with E-state index >= 15 is 0 Å². The first kappa shape index (κ1) is 25.1. The third-order valence-corrected chi connectivity index (χ3v) is 5.48. The van der Waals surface area contributed by atoms with Crippen molar-refractivity contribution in [3.63, 3.8) is 0 Å². The molecule has 1 aliphatic rings. The van der Waals surface area contributed by atoms with Crippen LogP contribution in [0.15, 0.2) is 42.5 Å². The smallest absolute Gasteiger partial charge is 0.408 e. The number of benzene rings is 2. The van der Waals surface area contributed by atoms with Gasteiger partial charge in [-0.1, -0.05) is 42.5 Å². The van der Waals surface area contributed by atoms with Crippen LogP contribution in [0.2, 0.25) is 0 Å². The molecule has 3 rings (SSSR count). The van der Waals surface area contributed by atoms with Crippen LogP contribution in [-0.4, -0.2) is 41.4 Å². The zero-order chi connectivity index (χ0) is 24.7. The Bertz CT molecular complexity index is 1040. The van der Waals surface area contributed by atoms with Crippen LogP contribution >= 0.6 is 0 Å². The lowest BCUT2D eigenvalue weighted by Gasteiger charge is -2.22. The zero-order valence-electron chi connectivity index (χ0n) is 19.8. The van der Waals surface area contributed by atoms with Gasteiger partial charge >= 0.3 is 18.2 Å². The van der Waals surface area contributed by atoms with Crippen molar-refractivity contribution in [2.75, 3.05) is 6.54 Å². The molecule has 0 bridgehead atoms. The van der Waals surface area contributed by atoms with E-state index in [-0.39, 0.29) is 13.0 Å². The van der Waals surface area contributed by atoms with Gasteiger partial charge in [0.2, 0.25) is 0 Å². The predicted molar refractivity (Wildman–Crippen MR) is 128 cm³/mol. The Kier molecular flexibility index (Phi) is 8.15. The number of ether oxygens (including phenoxy) is 2. The summed E-state index contributed by atoms with van der Waals surface area (Å²) in [6, 6.07) is 13.3. The molecule has 0 heterocycles. The van der Waals surface area contributed by atoms with Gasteiger partial charge in [0.15, 0.2) is 0 Å². The second-order valence-corrected chi connectivity index (χ2v) is 9.31. The Morgan fingerprint density at radius 3 is 2.47 bits per heavy atom. The first-order chi connectivity index (χ1) is 16.1. The Hall–Kier alpha value is -3.55. The molecular weight excluding hydrogens is 436 g/mol. The summed E-state index contributed by atoms with van der Waals surface area (Å²) in [5.74, 6) is -1.13. The van der Waals surface area contributed by atoms with E-state index in [1.54, 1.807) is 20.8 Å². The lowest BCUT2D eigenvalue weighted by molar-refractivity contribution is -0.139. The van der Waals surface area contributed by atoms with Crippen molar-refractivity contribution in [3.8, 4) is 11.1 Å². The third-order valence-electron chi connectivity index (χ3n) is 5.48. The zero-order valence-corrected chi connectivity index (χ0v) is 19.8. The number of nitrogens with one attached hydrogen (secondary N) is 2. The standard InChI is InChI=1S/C26H32N2O6/c1-26(2,3)34-25(32)28-22(23(29)30)13-6-7-14-27-24(31)33-16-18-10-8-12-20-19-11-5-4-9-17(19)15-21(18)20/h4-5,8-12,22H,6-7,13-16H2,1-3H3,(H,27,31)(H,28,32)(H,29,30)/t22-/m1/s1. The lowest BCUT2D eigenvalue weighted by atomic mass is 10.0. The minimum atomic E-state index is -1.13. The Labute approximate surface area is 199 Å². The lowest BCUT2D eigenvalue weighted by Crippen LogP contribution is -2.43. The molecule has 1 atom stereocenters. The van der Waals surface area contributed by atoms with Crippen molar-refractivity contribution >= 4 is 18.2 Å². The van der Waals surface area contributed by atoms with Gasteiger partial charge in [-0.2, -0.15) is 0 Å². The summed E-state index contributed by atoms with van der Waals surface area (Å²) in [4.78, 5) is 35.3. The molecule has 0 saturated heterocycles. The fraction of sp³-hybridized carbons (Fsp3) is 0.423. The minimum Gasteiger partial charge on any atom is -0.480 e. The van der Waals surface area contributed by atoms with Gasteiger partial charge in [-0.25, -0.2) is 14.4 Å². The number of fused-ring (bicyclic) bond motifs is 3. The number of carbonyl (C=O) groups excluding carboxylic acids is 2. The third kappa shape index (κ3) is 6.97. The maximum absolute atomic E-state index is 12.1. The van der Waals surface area contributed by atoms with Gasteiger partial charge in [0.05, 0.1) is 0 Å². The number of alkyl carbamates (subject to hydrolysis) is 2. The highest BCUT2D eigenvalue weighted by Crippen LogP contribution is 2.38. The molecule has 0 unspecified atom stereocenters. The average molecular weight is 469 g/mol. The summed E-state index contributed by atoms with van der Waals surface area (Å²) in [5, 5.41) is 14.4. The highest BCUT2D eigenvalue weighted by atomic mass is 16.6. The molecular formula is C26H32N2O6. The molecule has 0 aliphatic heterocycles. The van der Waals surface area contributed by atoms with E-state index in [1.165, 1.54) is 22.3 Å². The van der Waals surface area contributed by atoms with Crippen LogP contribution in [0, 0.1) is 0 Å². The van der Waals surface area contributed by atoms with Gasteiger partial charge in [-0.15, -0.1) is 0 Å². The van der Waals surface area contributed by atoms with Crippen LogP contribution < -0.4 is 10.6 Å². The SMILES string of the molecule is CC(C)(C)OC(=O)N[C@H](CCCCNC(=O)OCc1cccc2c1Cc1ccccc1-2)C(=O)O. The molecule has 8 heteroatoms. The Morgan fingerprint density at radius 2 is 1.74 bits per heavy atom. The molecule has 3 N–H and O–H groups in total. The van der Waals surface area contributed by atoms with Gasteiger partial charge in [0.25, 0.3) is 0 Å². The largest absolute Gasteiger partial charge is 0.480 e. The second-order valence-electron chi connectivity index (χ2n) is 9.31. The highest BCUT2D eigenvalue weighted by Gasteiger charge is 2.24. The van der Waals surface area contributed by atoms with Crippen LogP contribution in [0.1, 0.15) is 56.7 Å². The summed E-state index contributed by atoms with van der Waals surface area (Å²) in [5.41, 5.74) is 5.15. The van der Waals surface area contributed by atoms with Gasteiger partial charge in [-0.05, 0) is 74.3 Å². The van der Waals surface area contributed by atoms with Gasteiger partial charge in [-0.3, -0.25) is 0 Å². The van der Waals surface area contributed by atoms with Crippen molar-refractivity contribution in [1.82, 2.24) is 10.6 Å². The normalized spacial score (nSPS) is 12.8. The van der Waals surface area contributed by atoms with E-state index in [0.717, 1.165) is 12.0 Å². The second kappa shape index (κ2) is 11.0. The molecule has 0 spiro atoms. The van der Waals surface area contributed by atoms with Crippen LogP contribution in [0.5, 0.6) is 0 Å². The number of carbonyl (C=O) groups is 3. The number of unbranched alkanes of at least 4 members (excludes halogenated alkanes) is 1. The van der Waals surface area contributed by atoms with Crippen LogP contribution in [-0.2, 0) is 27.3 Å². The van der Waals surface area contributed by atoms with Gasteiger partial charge < -0.3 is 25.2 Å². The molecule has 0 saturated carbocycles. The van der Waals surface area contributed by atoms with Gasteiger partial charge in [0.1, 0.15) is 18.2 Å². The van der Waals surface area contributed by atoms with Gasteiger partial charge in [0, 0.05) is 6.54 Å². The van der Waals surface area contributed by atoms with E-state index in [0.29, 0.717) is 19.4 Å². The number of carboxylic acid groups (broad SMARTS) is 1. The number of hydrogen-bond acceptors (Lipinski definition) is 5. The quantitative estimate of drug-likeness (QED) is 0.395. The molecule has 1 aliphatic carbocycles. The number of amides is 2. The molecule has 0 aromatic heterocycles. The van der Waals surface area contributed by atoms with E-state index in [2.05, 4.69) is 28.8 Å². The number of carboxylic acids is 1. The van der Waals surface area contributed by atoms with Crippen LogP contribution in [0.4, 0.5) is 9.59 Å². The number of rotatable bonds is 9. The predicted octanol–water partition coefficient (Wildman–Crippen LogP) is 4.63. The molecule has 2 aromatic carbocycles. The summed E-state index contributed by atoms with van der Waals surface area (Å²) in [6.07, 6.45) is 0.811. The van der Waals surface area contributed by atoms with Crippen molar-refractivity contribution in [3.05, 3.63) is 59.2 Å². The Balaban J connectivity index is 1.38. The van der Waals surface area contributed by atoms with Crippen molar-refractivity contribution in [1.29, 1.82) is 0 Å².